The molecule has 0 aliphatic carbocycles. The Balaban J connectivity index is 0.000000169. The van der Waals surface area contributed by atoms with E-state index in [1.165, 1.54) is 16.0 Å². The zero-order valence-corrected chi connectivity index (χ0v) is 11.6. The molecule has 0 saturated carbocycles. The number of piperazine rings is 1. The highest BCUT2D eigenvalue weighted by Crippen LogP contribution is 2.26. The Hall–Kier alpha value is -1.16. The summed E-state index contributed by atoms with van der Waals surface area (Å²) in [6.07, 6.45) is 0. The van der Waals surface area contributed by atoms with Crippen LogP contribution < -0.4 is 10.6 Å². The molecule has 1 aromatic carbocycles. The fourth-order valence-corrected chi connectivity index (χ4v) is 2.70. The molecule has 0 atom stereocenters. The largest absolute Gasteiger partial charge is 0.314 e. The van der Waals surface area contributed by atoms with E-state index in [-0.39, 0.29) is 0 Å². The van der Waals surface area contributed by atoms with Crippen LogP contribution in [0.4, 0.5) is 0 Å². The quantitative estimate of drug-likeness (QED) is 0.824. The zero-order chi connectivity index (χ0) is 12.6. The highest BCUT2D eigenvalue weighted by molar-refractivity contribution is 7.13. The number of nitrogens with one attached hydrogen (secondary N) is 2. The number of rotatable bonds is 1. The average molecular weight is 260 g/mol. The number of thiophene rings is 1. The summed E-state index contributed by atoms with van der Waals surface area (Å²) in [6.45, 7) is 6.70. The molecule has 3 heteroatoms. The molecule has 1 fully saturated rings. The molecule has 2 heterocycles. The van der Waals surface area contributed by atoms with E-state index in [0.29, 0.717) is 0 Å². The van der Waals surface area contributed by atoms with Crippen LogP contribution in [0.25, 0.3) is 10.4 Å². The van der Waals surface area contributed by atoms with Crippen molar-refractivity contribution in [2.45, 2.75) is 6.92 Å². The molecule has 0 radical (unpaired) electrons. The molecular weight excluding hydrogens is 240 g/mol. The van der Waals surface area contributed by atoms with Gasteiger partial charge < -0.3 is 10.6 Å². The van der Waals surface area contributed by atoms with Crippen molar-refractivity contribution >= 4 is 11.3 Å². The smallest absolute Gasteiger partial charge is 0.0345 e. The molecule has 18 heavy (non-hydrogen) atoms. The summed E-state index contributed by atoms with van der Waals surface area (Å²) in [5, 5.41) is 8.56. The minimum absolute atomic E-state index is 1.14. The average Bonchev–Trinajstić information content (AvgIpc) is 2.96. The van der Waals surface area contributed by atoms with Gasteiger partial charge in [-0.1, -0.05) is 30.3 Å². The van der Waals surface area contributed by atoms with Crippen molar-refractivity contribution in [3.8, 4) is 10.4 Å². The van der Waals surface area contributed by atoms with Crippen LogP contribution in [0, 0.1) is 6.92 Å². The maximum absolute atomic E-state index is 3.22. The standard InChI is InChI=1S/C11H10S.C4H10N2/c1-9-5-2-3-6-10(9)11-7-4-8-12-11;1-2-6-4-3-5-1/h2-8H,1H3;5-6H,1-4H2. The SMILES string of the molecule is C1CNCCN1.Cc1ccccc1-c1cccs1. The Bertz CT molecular complexity index is 436. The monoisotopic (exact) mass is 260 g/mol. The summed E-state index contributed by atoms with van der Waals surface area (Å²) < 4.78 is 0. The van der Waals surface area contributed by atoms with Crippen LogP contribution in [0.1, 0.15) is 5.56 Å². The van der Waals surface area contributed by atoms with Gasteiger partial charge in [0.15, 0.2) is 0 Å². The van der Waals surface area contributed by atoms with Crippen molar-refractivity contribution in [3.05, 3.63) is 47.3 Å². The second-order valence-corrected chi connectivity index (χ2v) is 5.24. The van der Waals surface area contributed by atoms with Crippen molar-refractivity contribution in [2.24, 2.45) is 0 Å². The van der Waals surface area contributed by atoms with Gasteiger partial charge >= 0.3 is 0 Å². The van der Waals surface area contributed by atoms with Gasteiger partial charge in [-0.25, -0.2) is 0 Å². The van der Waals surface area contributed by atoms with Gasteiger partial charge in [-0.3, -0.25) is 0 Å². The fraction of sp³-hybridized carbons (Fsp3) is 0.333. The molecule has 2 N–H and O–H groups in total. The lowest BCUT2D eigenvalue weighted by atomic mass is 10.1. The van der Waals surface area contributed by atoms with Crippen LogP contribution in [0.15, 0.2) is 41.8 Å². The van der Waals surface area contributed by atoms with E-state index in [0.717, 1.165) is 26.2 Å². The first-order valence-electron chi connectivity index (χ1n) is 6.39. The molecule has 0 amide bonds. The number of benzene rings is 1. The molecule has 1 aromatic heterocycles. The molecule has 2 aromatic rings. The van der Waals surface area contributed by atoms with E-state index in [1.807, 2.05) is 0 Å². The highest BCUT2D eigenvalue weighted by atomic mass is 32.1. The predicted octanol–water partition coefficient (Wildman–Crippen LogP) is 2.90. The summed E-state index contributed by atoms with van der Waals surface area (Å²) in [4.78, 5) is 1.35. The highest BCUT2D eigenvalue weighted by Gasteiger charge is 1.99. The van der Waals surface area contributed by atoms with Crippen molar-refractivity contribution in [1.82, 2.24) is 10.6 Å². The lowest BCUT2D eigenvalue weighted by Crippen LogP contribution is -2.39. The summed E-state index contributed by atoms with van der Waals surface area (Å²) in [6, 6.07) is 12.7. The molecule has 2 nitrogen and oxygen atoms in total. The molecule has 1 saturated heterocycles. The maximum Gasteiger partial charge on any atom is 0.0345 e. The van der Waals surface area contributed by atoms with Gasteiger partial charge in [-0.05, 0) is 29.5 Å². The van der Waals surface area contributed by atoms with Gasteiger partial charge in [0.25, 0.3) is 0 Å². The van der Waals surface area contributed by atoms with Gasteiger partial charge in [0.05, 0.1) is 0 Å². The first-order valence-corrected chi connectivity index (χ1v) is 7.27. The Kier molecular flexibility index (Phi) is 5.39. The second kappa shape index (κ2) is 7.31. The summed E-state index contributed by atoms with van der Waals surface area (Å²) in [5.74, 6) is 0. The Morgan fingerprint density at radius 3 is 2.06 bits per heavy atom. The van der Waals surface area contributed by atoms with Crippen molar-refractivity contribution in [3.63, 3.8) is 0 Å². The van der Waals surface area contributed by atoms with Crippen molar-refractivity contribution < 1.29 is 0 Å². The van der Waals surface area contributed by atoms with Crippen LogP contribution in [0.3, 0.4) is 0 Å². The molecule has 0 spiro atoms. The lowest BCUT2D eigenvalue weighted by Gasteiger charge is -2.11. The Morgan fingerprint density at radius 2 is 1.56 bits per heavy atom. The van der Waals surface area contributed by atoms with E-state index in [9.17, 15) is 0 Å². The normalized spacial score (nSPS) is 14.7. The third-order valence-corrected chi connectivity index (χ3v) is 3.79. The van der Waals surface area contributed by atoms with E-state index in [1.54, 1.807) is 11.3 Å². The van der Waals surface area contributed by atoms with E-state index in [2.05, 4.69) is 59.3 Å². The first kappa shape index (κ1) is 13.3. The molecule has 0 bridgehead atoms. The minimum atomic E-state index is 1.14. The molecule has 96 valence electrons. The molecular formula is C15H20N2S. The molecule has 1 aliphatic rings. The van der Waals surface area contributed by atoms with Crippen molar-refractivity contribution in [1.29, 1.82) is 0 Å². The maximum atomic E-state index is 3.22. The lowest BCUT2D eigenvalue weighted by molar-refractivity contribution is 0.534. The summed E-state index contributed by atoms with van der Waals surface area (Å²) in [7, 11) is 0. The minimum Gasteiger partial charge on any atom is -0.314 e. The van der Waals surface area contributed by atoms with Crippen LogP contribution in [0.5, 0.6) is 0 Å². The van der Waals surface area contributed by atoms with Gasteiger partial charge in [-0.15, -0.1) is 11.3 Å². The fourth-order valence-electron chi connectivity index (χ4n) is 1.88. The van der Waals surface area contributed by atoms with Crippen LogP contribution in [0.2, 0.25) is 0 Å². The summed E-state index contributed by atoms with van der Waals surface area (Å²) in [5.41, 5.74) is 2.70. The van der Waals surface area contributed by atoms with Gasteiger partial charge in [0.1, 0.15) is 0 Å². The Labute approximate surface area is 113 Å². The van der Waals surface area contributed by atoms with E-state index < -0.39 is 0 Å². The first-order chi connectivity index (χ1) is 8.88. The van der Waals surface area contributed by atoms with Gasteiger partial charge in [0, 0.05) is 31.1 Å². The predicted molar refractivity (Wildman–Crippen MR) is 80.2 cm³/mol. The number of hydrogen-bond donors (Lipinski definition) is 2. The van der Waals surface area contributed by atoms with Crippen molar-refractivity contribution in [2.75, 3.05) is 26.2 Å². The second-order valence-electron chi connectivity index (χ2n) is 4.29. The summed E-state index contributed by atoms with van der Waals surface area (Å²) >= 11 is 1.79. The Morgan fingerprint density at radius 1 is 0.889 bits per heavy atom. The number of hydrogen-bond acceptors (Lipinski definition) is 3. The third-order valence-electron chi connectivity index (χ3n) is 2.89. The molecule has 3 rings (SSSR count). The molecule has 1 aliphatic heterocycles. The third kappa shape index (κ3) is 3.95. The van der Waals surface area contributed by atoms with E-state index >= 15 is 0 Å². The van der Waals surface area contributed by atoms with Crippen LogP contribution in [-0.4, -0.2) is 26.2 Å². The zero-order valence-electron chi connectivity index (χ0n) is 10.8. The van der Waals surface area contributed by atoms with Crippen LogP contribution >= 0.6 is 11.3 Å². The topological polar surface area (TPSA) is 24.1 Å². The van der Waals surface area contributed by atoms with E-state index in [4.69, 9.17) is 0 Å². The number of aryl methyl sites for hydroxylation is 1. The van der Waals surface area contributed by atoms with Gasteiger partial charge in [-0.2, -0.15) is 0 Å². The molecule has 0 unspecified atom stereocenters. The van der Waals surface area contributed by atoms with Gasteiger partial charge in [0.2, 0.25) is 0 Å². The van der Waals surface area contributed by atoms with Crippen LogP contribution in [-0.2, 0) is 0 Å².